The molecule has 0 aromatic carbocycles. The fourth-order valence-corrected chi connectivity index (χ4v) is 3.28. The van der Waals surface area contributed by atoms with E-state index in [9.17, 15) is 0 Å². The van der Waals surface area contributed by atoms with Gasteiger partial charge < -0.3 is 15.5 Å². The van der Waals surface area contributed by atoms with Gasteiger partial charge in [-0.3, -0.25) is 4.99 Å². The summed E-state index contributed by atoms with van der Waals surface area (Å²) >= 11 is 0. The standard InChI is InChI=1S/C19H33N5.HI/c1-20-19(21-14-8-11-16-9-5-4-6-10-16)22-15-17-12-7-13-18(23-17)24(2)3;/h7,12-13,16H,4-6,8-11,14-15H2,1-3H3,(H2,20,21,22);1H. The Morgan fingerprint density at radius 1 is 1.20 bits per heavy atom. The molecule has 5 nitrogen and oxygen atoms in total. The molecule has 1 fully saturated rings. The average Bonchev–Trinajstić information content (AvgIpc) is 2.62. The summed E-state index contributed by atoms with van der Waals surface area (Å²) in [5, 5.41) is 6.77. The summed E-state index contributed by atoms with van der Waals surface area (Å²) in [6.45, 7) is 1.67. The van der Waals surface area contributed by atoms with Crippen LogP contribution in [-0.4, -0.2) is 38.6 Å². The minimum Gasteiger partial charge on any atom is -0.363 e. The van der Waals surface area contributed by atoms with Crippen LogP contribution in [0, 0.1) is 5.92 Å². The van der Waals surface area contributed by atoms with E-state index < -0.39 is 0 Å². The number of hydrogen-bond acceptors (Lipinski definition) is 3. The van der Waals surface area contributed by atoms with Crippen LogP contribution in [0.4, 0.5) is 5.82 Å². The number of hydrogen-bond donors (Lipinski definition) is 2. The molecule has 1 saturated carbocycles. The number of nitrogens with zero attached hydrogens (tertiary/aromatic N) is 3. The number of guanidine groups is 1. The van der Waals surface area contributed by atoms with E-state index in [1.54, 1.807) is 0 Å². The van der Waals surface area contributed by atoms with Crippen molar-refractivity contribution in [2.24, 2.45) is 10.9 Å². The summed E-state index contributed by atoms with van der Waals surface area (Å²) in [5.74, 6) is 2.79. The minimum atomic E-state index is 0. The van der Waals surface area contributed by atoms with Crippen molar-refractivity contribution in [2.75, 3.05) is 32.6 Å². The summed E-state index contributed by atoms with van der Waals surface area (Å²) in [6, 6.07) is 6.10. The van der Waals surface area contributed by atoms with Gasteiger partial charge in [0, 0.05) is 27.7 Å². The van der Waals surface area contributed by atoms with E-state index in [4.69, 9.17) is 0 Å². The highest BCUT2D eigenvalue weighted by Gasteiger charge is 2.12. The van der Waals surface area contributed by atoms with Crippen molar-refractivity contribution >= 4 is 35.8 Å². The molecular weight excluding hydrogens is 425 g/mol. The van der Waals surface area contributed by atoms with Crippen molar-refractivity contribution < 1.29 is 0 Å². The Hall–Kier alpha value is -1.05. The summed E-state index contributed by atoms with van der Waals surface area (Å²) < 4.78 is 0. The van der Waals surface area contributed by atoms with Gasteiger partial charge in [0.25, 0.3) is 0 Å². The molecule has 0 saturated heterocycles. The molecule has 2 rings (SSSR count). The van der Waals surface area contributed by atoms with Crippen molar-refractivity contribution in [3.05, 3.63) is 23.9 Å². The number of halogens is 1. The van der Waals surface area contributed by atoms with Crippen LogP contribution in [0.25, 0.3) is 0 Å². The maximum Gasteiger partial charge on any atom is 0.191 e. The predicted octanol–water partition coefficient (Wildman–Crippen LogP) is 3.79. The molecule has 0 unspecified atom stereocenters. The zero-order valence-corrected chi connectivity index (χ0v) is 18.3. The first-order chi connectivity index (χ1) is 11.7. The Labute approximate surface area is 170 Å². The summed E-state index contributed by atoms with van der Waals surface area (Å²) in [4.78, 5) is 10.9. The summed E-state index contributed by atoms with van der Waals surface area (Å²) in [7, 11) is 5.83. The minimum absolute atomic E-state index is 0. The van der Waals surface area contributed by atoms with Crippen LogP contribution in [0.2, 0.25) is 0 Å². The Kier molecular flexibility index (Phi) is 10.8. The lowest BCUT2D eigenvalue weighted by Gasteiger charge is -2.21. The Bertz CT molecular complexity index is 512. The molecule has 142 valence electrons. The van der Waals surface area contributed by atoms with Crippen LogP contribution in [0.1, 0.15) is 50.6 Å². The summed E-state index contributed by atoms with van der Waals surface area (Å²) in [6.07, 6.45) is 9.73. The van der Waals surface area contributed by atoms with Gasteiger partial charge in [-0.2, -0.15) is 0 Å². The largest absolute Gasteiger partial charge is 0.363 e. The molecule has 0 amide bonds. The smallest absolute Gasteiger partial charge is 0.191 e. The molecule has 1 aliphatic carbocycles. The zero-order valence-electron chi connectivity index (χ0n) is 15.9. The zero-order chi connectivity index (χ0) is 17.2. The quantitative estimate of drug-likeness (QED) is 0.282. The highest BCUT2D eigenvalue weighted by molar-refractivity contribution is 14.0. The van der Waals surface area contributed by atoms with Crippen LogP contribution in [-0.2, 0) is 6.54 Å². The van der Waals surface area contributed by atoms with Gasteiger partial charge in [0.2, 0.25) is 0 Å². The number of anilines is 1. The fourth-order valence-electron chi connectivity index (χ4n) is 3.28. The van der Waals surface area contributed by atoms with Crippen LogP contribution in [0.5, 0.6) is 0 Å². The molecule has 0 bridgehead atoms. The fraction of sp³-hybridized carbons (Fsp3) is 0.684. The molecule has 1 aliphatic rings. The van der Waals surface area contributed by atoms with E-state index in [1.807, 2.05) is 44.2 Å². The van der Waals surface area contributed by atoms with E-state index in [2.05, 4.69) is 20.6 Å². The van der Waals surface area contributed by atoms with Crippen LogP contribution >= 0.6 is 24.0 Å². The lowest BCUT2D eigenvalue weighted by molar-refractivity contribution is 0.332. The monoisotopic (exact) mass is 459 g/mol. The SMILES string of the molecule is CN=C(NCCCC1CCCCC1)NCc1cccc(N(C)C)n1.I. The third kappa shape index (κ3) is 8.25. The predicted molar refractivity (Wildman–Crippen MR) is 118 cm³/mol. The lowest BCUT2D eigenvalue weighted by atomic mass is 9.86. The second-order valence-corrected chi connectivity index (χ2v) is 6.88. The van der Waals surface area contributed by atoms with Crippen molar-refractivity contribution in [1.82, 2.24) is 15.6 Å². The van der Waals surface area contributed by atoms with Gasteiger partial charge in [-0.1, -0.05) is 38.2 Å². The van der Waals surface area contributed by atoms with Crippen molar-refractivity contribution in [1.29, 1.82) is 0 Å². The number of pyridine rings is 1. The Morgan fingerprint density at radius 3 is 2.64 bits per heavy atom. The molecule has 1 aromatic rings. The molecule has 0 atom stereocenters. The van der Waals surface area contributed by atoms with Gasteiger partial charge >= 0.3 is 0 Å². The van der Waals surface area contributed by atoms with E-state index in [0.29, 0.717) is 6.54 Å². The topological polar surface area (TPSA) is 52.6 Å². The lowest BCUT2D eigenvalue weighted by Crippen LogP contribution is -2.37. The first kappa shape index (κ1) is 22.0. The van der Waals surface area contributed by atoms with Gasteiger partial charge in [0.1, 0.15) is 5.82 Å². The van der Waals surface area contributed by atoms with Crippen LogP contribution in [0.15, 0.2) is 23.2 Å². The average molecular weight is 459 g/mol. The van der Waals surface area contributed by atoms with Gasteiger partial charge in [-0.15, -0.1) is 24.0 Å². The van der Waals surface area contributed by atoms with Crippen molar-refractivity contribution in [3.8, 4) is 0 Å². The first-order valence-electron chi connectivity index (χ1n) is 9.27. The second kappa shape index (κ2) is 12.3. The number of nitrogens with one attached hydrogen (secondary N) is 2. The van der Waals surface area contributed by atoms with Crippen molar-refractivity contribution in [3.63, 3.8) is 0 Å². The van der Waals surface area contributed by atoms with Gasteiger partial charge in [0.05, 0.1) is 12.2 Å². The number of aliphatic imine (C=N–C) groups is 1. The molecule has 0 spiro atoms. The molecular formula is C19H34IN5. The molecule has 1 aromatic heterocycles. The number of aromatic nitrogens is 1. The van der Waals surface area contributed by atoms with Gasteiger partial charge in [-0.25, -0.2) is 4.98 Å². The van der Waals surface area contributed by atoms with Gasteiger partial charge in [0.15, 0.2) is 5.96 Å². The maximum absolute atomic E-state index is 4.62. The third-order valence-electron chi connectivity index (χ3n) is 4.72. The molecule has 0 radical (unpaired) electrons. The van der Waals surface area contributed by atoms with Crippen molar-refractivity contribution in [2.45, 2.75) is 51.5 Å². The van der Waals surface area contributed by atoms with Gasteiger partial charge in [-0.05, 0) is 30.9 Å². The van der Waals surface area contributed by atoms with E-state index >= 15 is 0 Å². The molecule has 25 heavy (non-hydrogen) atoms. The Morgan fingerprint density at radius 2 is 1.96 bits per heavy atom. The molecule has 2 N–H and O–H groups in total. The van der Waals surface area contributed by atoms with E-state index in [1.165, 1.54) is 44.9 Å². The molecule has 0 aliphatic heterocycles. The third-order valence-corrected chi connectivity index (χ3v) is 4.72. The highest BCUT2D eigenvalue weighted by atomic mass is 127. The first-order valence-corrected chi connectivity index (χ1v) is 9.27. The normalized spacial score (nSPS) is 15.4. The van der Waals surface area contributed by atoms with Crippen LogP contribution < -0.4 is 15.5 Å². The van der Waals surface area contributed by atoms with Crippen LogP contribution in [0.3, 0.4) is 0 Å². The van der Waals surface area contributed by atoms with E-state index in [-0.39, 0.29) is 24.0 Å². The maximum atomic E-state index is 4.62. The molecule has 6 heteroatoms. The molecule has 1 heterocycles. The Balaban J connectivity index is 0.00000312. The summed E-state index contributed by atoms with van der Waals surface area (Å²) in [5.41, 5.74) is 1.02. The van der Waals surface area contributed by atoms with E-state index in [0.717, 1.165) is 29.9 Å². The second-order valence-electron chi connectivity index (χ2n) is 6.88. The number of rotatable bonds is 7. The highest BCUT2D eigenvalue weighted by Crippen LogP contribution is 2.26.